The second kappa shape index (κ2) is 16.9. The van der Waals surface area contributed by atoms with Gasteiger partial charge in [0, 0.05) is 25.1 Å². The van der Waals surface area contributed by atoms with Gasteiger partial charge in [-0.3, -0.25) is 9.66 Å². The molecule has 5 atom stereocenters. The summed E-state index contributed by atoms with van der Waals surface area (Å²) >= 11 is 0. The van der Waals surface area contributed by atoms with Crippen molar-refractivity contribution in [1.29, 1.82) is 0 Å². The van der Waals surface area contributed by atoms with Gasteiger partial charge in [-0.15, -0.1) is 0 Å². The number of anilines is 1. The first-order chi connectivity index (χ1) is 26.6. The smallest absolute Gasteiger partial charge is 0.321 e. The number of aromatic amines is 1. The standard InChI is InChI=1S/C43H46N5O6P/c1-55(52,54-28-33-15-9-4-10-16-33)29-53-35-20-17-32(18-21-35)26-47-38(24-30-11-5-2-6-12-30)40(49)41(50)39(25-31-13-7-3-8-14-31)48(43(47)51)27-34-19-22-37-36(23-34)42(44)46-45-37/h2-23,38-41,49-50H,24-29H2,1H3,(H3,44,45,46)/t38-,39-,40+,41+,55?/m1/s1. The van der Waals surface area contributed by atoms with Gasteiger partial charge in [0.05, 0.1) is 24.2 Å². The minimum absolute atomic E-state index is 0.0962. The number of aliphatic hydroxyl groups excluding tert-OH is 2. The number of amides is 2. The molecular weight excluding hydrogens is 713 g/mol. The first-order valence-corrected chi connectivity index (χ1v) is 20.6. The maximum absolute atomic E-state index is 15.1. The predicted octanol–water partition coefficient (Wildman–Crippen LogP) is 6.99. The first-order valence-electron chi connectivity index (χ1n) is 18.3. The van der Waals surface area contributed by atoms with E-state index in [1.807, 2.05) is 121 Å². The molecule has 5 N–H and O–H groups in total. The summed E-state index contributed by atoms with van der Waals surface area (Å²) in [6.07, 6.45) is -1.98. The Hall–Kier alpha value is -5.45. The lowest BCUT2D eigenvalue weighted by Crippen LogP contribution is -2.50. The van der Waals surface area contributed by atoms with Crippen molar-refractivity contribution < 1.29 is 28.8 Å². The molecule has 0 spiro atoms. The molecular formula is C43H46N5O6P. The van der Waals surface area contributed by atoms with Crippen molar-refractivity contribution in [3.63, 3.8) is 0 Å². The Morgan fingerprint density at radius 1 is 0.709 bits per heavy atom. The number of H-pyrrole nitrogens is 1. The van der Waals surface area contributed by atoms with Gasteiger partial charge in [0.15, 0.2) is 12.2 Å². The summed E-state index contributed by atoms with van der Waals surface area (Å²) in [5, 5.41) is 31.9. The molecule has 11 nitrogen and oxygen atoms in total. The molecule has 1 unspecified atom stereocenters. The summed E-state index contributed by atoms with van der Waals surface area (Å²) in [6.45, 7) is 2.09. The molecule has 0 saturated carbocycles. The first kappa shape index (κ1) is 37.8. The van der Waals surface area contributed by atoms with Gasteiger partial charge in [-0.05, 0) is 64.9 Å². The number of nitrogens with one attached hydrogen (secondary N) is 1. The molecule has 0 radical (unpaired) electrons. The van der Waals surface area contributed by atoms with Gasteiger partial charge in [-0.2, -0.15) is 5.10 Å². The second-order valence-corrected chi connectivity index (χ2v) is 16.8. The van der Waals surface area contributed by atoms with Gasteiger partial charge in [0.1, 0.15) is 18.0 Å². The molecule has 1 aromatic heterocycles. The zero-order valence-corrected chi connectivity index (χ0v) is 31.5. The van der Waals surface area contributed by atoms with Crippen molar-refractivity contribution in [2.75, 3.05) is 18.7 Å². The van der Waals surface area contributed by atoms with E-state index < -0.39 is 31.7 Å². The normalized spacial score (nSPS) is 19.9. The molecule has 1 aliphatic heterocycles. The summed E-state index contributed by atoms with van der Waals surface area (Å²) in [4.78, 5) is 18.4. The lowest BCUT2D eigenvalue weighted by atomic mass is 9.91. The van der Waals surface area contributed by atoms with Crippen molar-refractivity contribution in [1.82, 2.24) is 20.0 Å². The third kappa shape index (κ3) is 9.27. The number of carbonyl (C=O) groups is 1. The second-order valence-electron chi connectivity index (χ2n) is 14.2. The maximum Gasteiger partial charge on any atom is 0.321 e. The number of nitrogens with zero attached hydrogens (tertiary/aromatic N) is 3. The minimum atomic E-state index is -3.06. The van der Waals surface area contributed by atoms with E-state index >= 15 is 4.79 Å². The van der Waals surface area contributed by atoms with Crippen LogP contribution in [-0.2, 0) is 41.6 Å². The van der Waals surface area contributed by atoms with Crippen LogP contribution in [0.15, 0.2) is 133 Å². The third-order valence-electron chi connectivity index (χ3n) is 10.1. The molecule has 2 amide bonds. The molecule has 7 rings (SSSR count). The Morgan fingerprint density at radius 2 is 1.22 bits per heavy atom. The Kier molecular flexibility index (Phi) is 11.6. The van der Waals surface area contributed by atoms with Gasteiger partial charge < -0.3 is 35.0 Å². The molecule has 0 bridgehead atoms. The highest BCUT2D eigenvalue weighted by atomic mass is 31.2. The van der Waals surface area contributed by atoms with Crippen LogP contribution in [0.4, 0.5) is 10.6 Å². The van der Waals surface area contributed by atoms with Gasteiger partial charge in [0.2, 0.25) is 7.37 Å². The number of aliphatic hydroxyl groups is 2. The van der Waals surface area contributed by atoms with Crippen LogP contribution in [0.25, 0.3) is 10.9 Å². The Bertz CT molecular complexity index is 2220. The minimum Gasteiger partial charge on any atom is -0.484 e. The van der Waals surface area contributed by atoms with Crippen LogP contribution in [-0.4, -0.2) is 73.5 Å². The summed E-state index contributed by atoms with van der Waals surface area (Å²) in [5.41, 5.74) is 11.3. The number of aromatic nitrogens is 2. The quantitative estimate of drug-likeness (QED) is 0.0868. The van der Waals surface area contributed by atoms with Crippen LogP contribution < -0.4 is 10.5 Å². The molecule has 1 fully saturated rings. The van der Waals surface area contributed by atoms with Crippen LogP contribution in [0, 0.1) is 0 Å². The Labute approximate surface area is 320 Å². The van der Waals surface area contributed by atoms with Crippen molar-refractivity contribution in [2.45, 2.75) is 56.8 Å². The fraction of sp³-hybridized carbons (Fsp3) is 0.256. The van der Waals surface area contributed by atoms with Crippen LogP contribution >= 0.6 is 7.37 Å². The van der Waals surface area contributed by atoms with E-state index in [0.29, 0.717) is 24.4 Å². The van der Waals surface area contributed by atoms with Crippen molar-refractivity contribution in [3.05, 3.63) is 161 Å². The summed E-state index contributed by atoms with van der Waals surface area (Å²) < 4.78 is 24.7. The monoisotopic (exact) mass is 759 g/mol. The SMILES string of the molecule is CP(=O)(COc1ccc(CN2C(=O)N(Cc3ccc4[nH]nc(N)c4c3)[C@H](Cc3ccccc3)[C@H](O)[C@@H](O)[C@H]2Cc2ccccc2)cc1)OCc1ccccc1. The van der Waals surface area contributed by atoms with Crippen LogP contribution in [0.5, 0.6) is 5.75 Å². The maximum atomic E-state index is 15.1. The number of ether oxygens (including phenoxy) is 1. The Morgan fingerprint density at radius 3 is 1.78 bits per heavy atom. The van der Waals surface area contributed by atoms with Crippen molar-refractivity contribution >= 4 is 30.1 Å². The van der Waals surface area contributed by atoms with Crippen LogP contribution in [0.1, 0.15) is 27.8 Å². The van der Waals surface area contributed by atoms with E-state index in [1.54, 1.807) is 28.6 Å². The fourth-order valence-electron chi connectivity index (χ4n) is 7.09. The van der Waals surface area contributed by atoms with Crippen LogP contribution in [0.2, 0.25) is 0 Å². The molecule has 6 aromatic rings. The predicted molar refractivity (Wildman–Crippen MR) is 214 cm³/mol. The number of urea groups is 1. The molecule has 2 heterocycles. The highest BCUT2D eigenvalue weighted by molar-refractivity contribution is 7.57. The van der Waals surface area contributed by atoms with E-state index in [-0.39, 0.29) is 32.1 Å². The molecule has 12 heteroatoms. The van der Waals surface area contributed by atoms with E-state index in [0.717, 1.165) is 38.7 Å². The number of nitrogens with two attached hydrogens (primary N) is 1. The highest BCUT2D eigenvalue weighted by Crippen LogP contribution is 2.43. The number of fused-ring (bicyclic) bond motifs is 1. The van der Waals surface area contributed by atoms with E-state index in [1.165, 1.54) is 0 Å². The molecule has 1 saturated heterocycles. The molecule has 5 aromatic carbocycles. The zero-order chi connectivity index (χ0) is 38.4. The average Bonchev–Trinajstić information content (AvgIpc) is 3.56. The lowest BCUT2D eigenvalue weighted by Gasteiger charge is -2.36. The van der Waals surface area contributed by atoms with Gasteiger partial charge in [0.25, 0.3) is 0 Å². The van der Waals surface area contributed by atoms with Crippen molar-refractivity contribution in [3.8, 4) is 5.75 Å². The van der Waals surface area contributed by atoms with E-state index in [4.69, 9.17) is 15.0 Å². The average molecular weight is 760 g/mol. The van der Waals surface area contributed by atoms with Gasteiger partial charge in [-0.1, -0.05) is 109 Å². The van der Waals surface area contributed by atoms with E-state index in [2.05, 4.69) is 10.2 Å². The summed E-state index contributed by atoms with van der Waals surface area (Å²) in [5.74, 6) is 0.861. The number of nitrogen functional groups attached to an aromatic ring is 1. The number of benzene rings is 5. The van der Waals surface area contributed by atoms with Crippen molar-refractivity contribution in [2.24, 2.45) is 0 Å². The zero-order valence-electron chi connectivity index (χ0n) is 30.6. The highest BCUT2D eigenvalue weighted by Gasteiger charge is 2.46. The molecule has 0 aliphatic carbocycles. The molecule has 284 valence electrons. The number of rotatable bonds is 14. The summed E-state index contributed by atoms with van der Waals surface area (Å²) in [6, 6.07) is 40.0. The largest absolute Gasteiger partial charge is 0.484 e. The fourth-order valence-corrected chi connectivity index (χ4v) is 7.97. The van der Waals surface area contributed by atoms with Gasteiger partial charge in [-0.25, -0.2) is 4.79 Å². The molecule has 55 heavy (non-hydrogen) atoms. The van der Waals surface area contributed by atoms with Crippen LogP contribution in [0.3, 0.4) is 0 Å². The molecule has 1 aliphatic rings. The Balaban J connectivity index is 1.17. The number of hydrogen-bond acceptors (Lipinski definition) is 8. The topological polar surface area (TPSA) is 154 Å². The van der Waals surface area contributed by atoms with Gasteiger partial charge >= 0.3 is 6.03 Å². The number of hydrogen-bond donors (Lipinski definition) is 4. The number of carbonyl (C=O) groups excluding carboxylic acids is 1. The van der Waals surface area contributed by atoms with E-state index in [9.17, 15) is 14.8 Å². The lowest BCUT2D eigenvalue weighted by molar-refractivity contribution is -0.0408. The third-order valence-corrected chi connectivity index (χ3v) is 11.4. The summed E-state index contributed by atoms with van der Waals surface area (Å²) in [7, 11) is -3.06.